The number of rotatable bonds is 13. The van der Waals surface area contributed by atoms with Gasteiger partial charge in [-0.05, 0) is 89.8 Å². The summed E-state index contributed by atoms with van der Waals surface area (Å²) in [5, 5.41) is 16.8. The predicted octanol–water partition coefficient (Wildman–Crippen LogP) is 4.54. The Balaban J connectivity index is 0.000000317. The summed E-state index contributed by atoms with van der Waals surface area (Å²) < 4.78 is 20.7. The molecule has 2 aliphatic rings. The van der Waals surface area contributed by atoms with E-state index >= 15 is 0 Å². The van der Waals surface area contributed by atoms with Gasteiger partial charge in [0.1, 0.15) is 11.2 Å². The SMILES string of the molecule is CC(C)(C)OC(=O)NCCc1ccc(N)cc1.CC(C)(C)OC(=O)NCCc1ccc(NC(=O)CCN2CCOCC2)cc1.O=C(O)CCN1CCOCC1. The van der Waals surface area contributed by atoms with E-state index in [9.17, 15) is 19.2 Å². The average Bonchev–Trinajstić information content (AvgIpc) is 3.11. The summed E-state index contributed by atoms with van der Waals surface area (Å²) >= 11 is 0. The zero-order valence-corrected chi connectivity index (χ0v) is 33.6. The van der Waals surface area contributed by atoms with Gasteiger partial charge in [-0.25, -0.2) is 9.59 Å². The van der Waals surface area contributed by atoms with Gasteiger partial charge in [0.15, 0.2) is 0 Å². The maximum atomic E-state index is 12.1. The molecule has 2 aromatic carbocycles. The summed E-state index contributed by atoms with van der Waals surface area (Å²) in [7, 11) is 0. The van der Waals surface area contributed by atoms with Crippen LogP contribution >= 0.6 is 0 Å². The van der Waals surface area contributed by atoms with Crippen molar-refractivity contribution < 1.29 is 43.2 Å². The summed E-state index contributed by atoms with van der Waals surface area (Å²) in [5.41, 5.74) is 8.38. The molecule has 15 heteroatoms. The minimum atomic E-state index is -0.725. The Bertz CT molecular complexity index is 1410. The molecule has 0 unspecified atom stereocenters. The standard InChI is InChI=1S/C20H31N3O4.C13H20N2O2.C7H13NO3/c1-20(2,3)27-19(25)21-10-8-16-4-6-17(7-5-16)22-18(24)9-11-23-12-14-26-15-13-23;1-13(2,3)17-12(16)15-9-8-10-4-6-11(14)7-5-10;9-7(10)1-2-8-3-5-11-6-4-8/h4-7H,8-15H2,1-3H3,(H,21,25)(H,22,24);4-7H,8-9,14H2,1-3H3,(H,15,16);1-6H2,(H,9,10). The molecule has 0 atom stereocenters. The number of morpholine rings is 2. The Morgan fingerprint density at radius 3 is 1.47 bits per heavy atom. The molecule has 0 saturated carbocycles. The second-order valence-electron chi connectivity index (χ2n) is 15.1. The number of hydrogen-bond donors (Lipinski definition) is 5. The van der Waals surface area contributed by atoms with Crippen LogP contribution in [0.25, 0.3) is 0 Å². The molecule has 2 fully saturated rings. The first kappa shape index (κ1) is 46.7. The van der Waals surface area contributed by atoms with Gasteiger partial charge in [0.25, 0.3) is 0 Å². The van der Waals surface area contributed by atoms with Crippen LogP contribution in [0.5, 0.6) is 0 Å². The highest BCUT2D eigenvalue weighted by atomic mass is 16.6. The number of nitrogens with zero attached hydrogens (tertiary/aromatic N) is 2. The first-order valence-electron chi connectivity index (χ1n) is 19.0. The molecule has 2 saturated heterocycles. The normalized spacial score (nSPS) is 14.9. The first-order chi connectivity index (χ1) is 26.0. The van der Waals surface area contributed by atoms with Crippen molar-refractivity contribution in [3.8, 4) is 0 Å². The van der Waals surface area contributed by atoms with Crippen molar-refractivity contribution in [1.29, 1.82) is 0 Å². The summed E-state index contributed by atoms with van der Waals surface area (Å²) in [6.07, 6.45) is 1.38. The van der Waals surface area contributed by atoms with Crippen LogP contribution in [0.4, 0.5) is 21.0 Å². The lowest BCUT2D eigenvalue weighted by Gasteiger charge is -2.26. The number of nitrogens with two attached hydrogens (primary N) is 1. The van der Waals surface area contributed by atoms with E-state index in [4.69, 9.17) is 29.8 Å². The number of ether oxygens (including phenoxy) is 4. The van der Waals surface area contributed by atoms with Crippen LogP contribution in [-0.4, -0.2) is 129 Å². The summed E-state index contributed by atoms with van der Waals surface area (Å²) in [6, 6.07) is 15.3. The molecular formula is C40H64N6O9. The highest BCUT2D eigenvalue weighted by Crippen LogP contribution is 2.12. The molecule has 0 aromatic heterocycles. The lowest BCUT2D eigenvalue weighted by atomic mass is 10.1. The summed E-state index contributed by atoms with van der Waals surface area (Å²) in [4.78, 5) is 49.6. The van der Waals surface area contributed by atoms with Crippen LogP contribution in [0.2, 0.25) is 0 Å². The van der Waals surface area contributed by atoms with E-state index < -0.39 is 23.3 Å². The number of benzene rings is 2. The van der Waals surface area contributed by atoms with Gasteiger partial charge in [-0.15, -0.1) is 0 Å². The molecule has 3 amide bonds. The third kappa shape index (κ3) is 24.6. The molecular weight excluding hydrogens is 708 g/mol. The van der Waals surface area contributed by atoms with E-state index in [0.717, 1.165) is 88.1 Å². The molecule has 0 aliphatic carbocycles. The molecule has 2 aromatic rings. The lowest BCUT2D eigenvalue weighted by molar-refractivity contribution is -0.137. The number of aliphatic carboxylic acids is 1. The Kier molecular flexibility index (Phi) is 21.1. The van der Waals surface area contributed by atoms with Gasteiger partial charge in [-0.3, -0.25) is 19.4 Å². The smallest absolute Gasteiger partial charge is 0.407 e. The molecule has 0 spiro atoms. The fourth-order valence-corrected chi connectivity index (χ4v) is 5.07. The zero-order chi connectivity index (χ0) is 40.7. The molecule has 0 radical (unpaired) electrons. The van der Waals surface area contributed by atoms with Crippen LogP contribution in [0.1, 0.15) is 65.5 Å². The number of anilines is 2. The van der Waals surface area contributed by atoms with Crippen LogP contribution in [-0.2, 0) is 41.4 Å². The first-order valence-corrected chi connectivity index (χ1v) is 19.0. The second-order valence-corrected chi connectivity index (χ2v) is 15.1. The Morgan fingerprint density at radius 2 is 1.07 bits per heavy atom. The molecule has 6 N–H and O–H groups in total. The maximum Gasteiger partial charge on any atom is 0.407 e. The number of nitrogen functional groups attached to an aromatic ring is 1. The quantitative estimate of drug-likeness (QED) is 0.179. The highest BCUT2D eigenvalue weighted by Gasteiger charge is 2.17. The number of alkyl carbamates (subject to hydrolysis) is 2. The van der Waals surface area contributed by atoms with Gasteiger partial charge in [-0.2, -0.15) is 0 Å². The minimum absolute atomic E-state index is 0.0147. The Labute approximate surface area is 326 Å². The van der Waals surface area contributed by atoms with Gasteiger partial charge in [0.05, 0.1) is 32.8 Å². The van der Waals surface area contributed by atoms with Crippen molar-refractivity contribution in [3.05, 3.63) is 59.7 Å². The zero-order valence-electron chi connectivity index (χ0n) is 33.6. The fraction of sp³-hybridized carbons (Fsp3) is 0.600. The minimum Gasteiger partial charge on any atom is -0.481 e. The molecule has 2 aliphatic heterocycles. The van der Waals surface area contributed by atoms with Gasteiger partial charge in [0.2, 0.25) is 5.91 Å². The van der Waals surface area contributed by atoms with Crippen LogP contribution in [0.3, 0.4) is 0 Å². The van der Waals surface area contributed by atoms with Crippen LogP contribution in [0.15, 0.2) is 48.5 Å². The Hall–Kier alpha value is -4.44. The van der Waals surface area contributed by atoms with Crippen molar-refractivity contribution in [1.82, 2.24) is 20.4 Å². The van der Waals surface area contributed by atoms with Crippen LogP contribution < -0.4 is 21.7 Å². The molecule has 4 rings (SSSR count). The van der Waals surface area contributed by atoms with E-state index in [-0.39, 0.29) is 18.4 Å². The summed E-state index contributed by atoms with van der Waals surface area (Å²) in [6.45, 7) is 19.9. The number of carboxylic acids is 1. The molecule has 308 valence electrons. The lowest BCUT2D eigenvalue weighted by Crippen LogP contribution is -2.38. The second kappa shape index (κ2) is 24.9. The van der Waals surface area contributed by atoms with E-state index in [0.29, 0.717) is 32.5 Å². The highest BCUT2D eigenvalue weighted by molar-refractivity contribution is 5.90. The monoisotopic (exact) mass is 772 g/mol. The number of carbonyl (C=O) groups is 4. The topological polar surface area (TPSA) is 194 Å². The van der Waals surface area contributed by atoms with Crippen molar-refractivity contribution in [2.24, 2.45) is 0 Å². The third-order valence-corrected chi connectivity index (χ3v) is 7.89. The number of carbonyl (C=O) groups excluding carboxylic acids is 3. The van der Waals surface area contributed by atoms with E-state index in [1.165, 1.54) is 0 Å². The maximum absolute atomic E-state index is 12.1. The van der Waals surface area contributed by atoms with Gasteiger partial charge in [0, 0.05) is 70.2 Å². The van der Waals surface area contributed by atoms with Gasteiger partial charge >= 0.3 is 18.2 Å². The Morgan fingerprint density at radius 1 is 0.673 bits per heavy atom. The number of nitrogens with one attached hydrogen (secondary N) is 3. The average molecular weight is 773 g/mol. The number of hydrogen-bond acceptors (Lipinski definition) is 11. The van der Waals surface area contributed by atoms with E-state index in [2.05, 4.69) is 25.8 Å². The largest absolute Gasteiger partial charge is 0.481 e. The van der Waals surface area contributed by atoms with Crippen molar-refractivity contribution in [3.63, 3.8) is 0 Å². The van der Waals surface area contributed by atoms with Crippen molar-refractivity contribution in [2.45, 2.75) is 78.4 Å². The van der Waals surface area contributed by atoms with Crippen molar-refractivity contribution >= 4 is 35.4 Å². The van der Waals surface area contributed by atoms with Crippen molar-refractivity contribution in [2.75, 3.05) is 89.8 Å². The van der Waals surface area contributed by atoms with E-state index in [1.807, 2.05) is 90.1 Å². The van der Waals surface area contributed by atoms with Gasteiger partial charge < -0.3 is 45.7 Å². The fourth-order valence-electron chi connectivity index (χ4n) is 5.07. The molecule has 0 bridgehead atoms. The molecule has 2 heterocycles. The summed E-state index contributed by atoms with van der Waals surface area (Å²) in [5.74, 6) is -0.711. The van der Waals surface area contributed by atoms with Gasteiger partial charge in [-0.1, -0.05) is 24.3 Å². The van der Waals surface area contributed by atoms with Crippen LogP contribution in [0, 0.1) is 0 Å². The predicted molar refractivity (Wildman–Crippen MR) is 213 cm³/mol. The number of amides is 3. The molecule has 15 nitrogen and oxygen atoms in total. The molecule has 55 heavy (non-hydrogen) atoms. The van der Waals surface area contributed by atoms with E-state index in [1.54, 1.807) is 0 Å². The number of carboxylic acid groups (broad SMARTS) is 1. The third-order valence-electron chi connectivity index (χ3n) is 7.89.